The summed E-state index contributed by atoms with van der Waals surface area (Å²) in [4.78, 5) is 42.6. The van der Waals surface area contributed by atoms with Crippen LogP contribution in [0.25, 0.3) is 0 Å². The molecule has 1 aliphatic heterocycles. The van der Waals surface area contributed by atoms with Crippen LogP contribution in [0.15, 0.2) is 36.4 Å². The van der Waals surface area contributed by atoms with Gasteiger partial charge in [0, 0.05) is 0 Å². The van der Waals surface area contributed by atoms with Crippen LogP contribution in [-0.4, -0.2) is 47.1 Å². The molecule has 1 fully saturated rings. The third-order valence-electron chi connectivity index (χ3n) is 2.10. The number of imide groups is 1. The molecule has 5 amide bonds. The molecule has 0 spiro atoms. The molecule has 0 atom stereocenters. The number of urea groups is 2. The van der Waals surface area contributed by atoms with Crippen LogP contribution in [0.4, 0.5) is 9.59 Å². The summed E-state index contributed by atoms with van der Waals surface area (Å²) < 4.78 is 0. The van der Waals surface area contributed by atoms with Crippen LogP contribution in [0.3, 0.4) is 0 Å². The van der Waals surface area contributed by atoms with E-state index in [4.69, 9.17) is 5.11 Å². The lowest BCUT2D eigenvalue weighted by atomic mass is 10.4. The second-order valence-corrected chi connectivity index (χ2v) is 3.78. The zero-order chi connectivity index (χ0) is 15.7. The van der Waals surface area contributed by atoms with Gasteiger partial charge in [-0.05, 0) is 0 Å². The Bertz CT molecular complexity index is 493. The summed E-state index contributed by atoms with van der Waals surface area (Å²) in [5, 5.41) is 12.9. The van der Waals surface area contributed by atoms with Crippen molar-refractivity contribution in [3.8, 4) is 0 Å². The second kappa shape index (κ2) is 8.15. The van der Waals surface area contributed by atoms with E-state index in [0.29, 0.717) is 0 Å². The highest BCUT2D eigenvalue weighted by Gasteiger charge is 2.27. The Morgan fingerprint density at radius 2 is 1.67 bits per heavy atom. The van der Waals surface area contributed by atoms with E-state index in [-0.39, 0.29) is 6.54 Å². The molecule has 0 unspecified atom stereocenters. The van der Waals surface area contributed by atoms with E-state index in [0.717, 1.165) is 5.01 Å². The number of carboxylic acids is 1. The van der Waals surface area contributed by atoms with Crippen molar-refractivity contribution >= 4 is 23.9 Å². The molecule has 2 rings (SSSR count). The fraction of sp³-hybridized carbons (Fsp3) is 0.167. The maximum absolute atomic E-state index is 10.9. The van der Waals surface area contributed by atoms with Gasteiger partial charge in [0.1, 0.15) is 13.1 Å². The van der Waals surface area contributed by atoms with Crippen LogP contribution in [0.2, 0.25) is 0 Å². The number of carboxylic acid groups (broad SMARTS) is 1. The third-order valence-corrected chi connectivity index (χ3v) is 2.10. The van der Waals surface area contributed by atoms with E-state index in [1.807, 2.05) is 52.5 Å². The van der Waals surface area contributed by atoms with Crippen LogP contribution in [0.5, 0.6) is 0 Å². The van der Waals surface area contributed by atoms with Crippen molar-refractivity contribution in [2.45, 2.75) is 0 Å². The third kappa shape index (κ3) is 6.57. The quantitative estimate of drug-likeness (QED) is 0.560. The minimum atomic E-state index is -1.22. The van der Waals surface area contributed by atoms with Crippen molar-refractivity contribution in [3.63, 3.8) is 0 Å². The van der Waals surface area contributed by atoms with Gasteiger partial charge in [-0.3, -0.25) is 14.9 Å². The molecule has 0 radical (unpaired) electrons. The Labute approximate surface area is 119 Å². The van der Waals surface area contributed by atoms with Crippen molar-refractivity contribution < 1.29 is 24.3 Å². The average Bonchev–Trinajstić information content (AvgIpc) is 2.77. The van der Waals surface area contributed by atoms with E-state index in [2.05, 4.69) is 0 Å². The highest BCUT2D eigenvalue weighted by molar-refractivity contribution is 6.02. The first-order chi connectivity index (χ1) is 9.99. The molecule has 0 aromatic heterocycles. The fourth-order valence-corrected chi connectivity index (χ4v) is 1.23. The molecule has 0 aliphatic carbocycles. The van der Waals surface area contributed by atoms with Crippen molar-refractivity contribution in [1.29, 1.82) is 0 Å². The molecule has 112 valence electrons. The maximum Gasteiger partial charge on any atom is 0.343 e. The molecule has 9 heteroatoms. The summed E-state index contributed by atoms with van der Waals surface area (Å²) in [6.45, 7) is -0.867. The molecule has 1 aliphatic rings. The largest absolute Gasteiger partial charge is 0.480 e. The van der Waals surface area contributed by atoms with E-state index in [1.54, 1.807) is 0 Å². The van der Waals surface area contributed by atoms with Crippen LogP contribution < -0.4 is 16.1 Å². The predicted molar refractivity (Wildman–Crippen MR) is 70.9 cm³/mol. The monoisotopic (exact) mass is 294 g/mol. The number of nitrogens with one attached hydrogen (secondary N) is 3. The van der Waals surface area contributed by atoms with Gasteiger partial charge in [0.25, 0.3) is 0 Å². The topological polar surface area (TPSA) is 128 Å². The van der Waals surface area contributed by atoms with Gasteiger partial charge in [0.15, 0.2) is 0 Å². The average molecular weight is 294 g/mol. The molecular formula is C12H14N4O5. The lowest BCUT2D eigenvalue weighted by molar-refractivity contribution is -0.135. The summed E-state index contributed by atoms with van der Waals surface area (Å²) in [6.07, 6.45) is 0. The van der Waals surface area contributed by atoms with E-state index in [9.17, 15) is 19.2 Å². The number of rotatable bonds is 3. The molecule has 1 saturated heterocycles. The minimum Gasteiger partial charge on any atom is -0.480 e. The van der Waals surface area contributed by atoms with Crippen LogP contribution in [0.1, 0.15) is 0 Å². The lowest BCUT2D eigenvalue weighted by Gasteiger charge is -2.14. The summed E-state index contributed by atoms with van der Waals surface area (Å²) in [6, 6.07) is 10.4. The summed E-state index contributed by atoms with van der Waals surface area (Å²) in [5.41, 5.74) is 2.00. The Kier molecular flexibility index (Phi) is 6.19. The predicted octanol–water partition coefficient (Wildman–Crippen LogP) is -0.476. The van der Waals surface area contributed by atoms with Crippen molar-refractivity contribution in [1.82, 2.24) is 21.1 Å². The molecule has 0 bridgehead atoms. The number of hydrogen-bond donors (Lipinski definition) is 4. The molecule has 9 nitrogen and oxygen atoms in total. The highest BCUT2D eigenvalue weighted by Crippen LogP contribution is 1.92. The smallest absolute Gasteiger partial charge is 0.343 e. The number of hydrazine groups is 1. The molecule has 0 saturated carbocycles. The first kappa shape index (κ1) is 16.0. The summed E-state index contributed by atoms with van der Waals surface area (Å²) >= 11 is 0. The SMILES string of the molecule is O=C(O)CNC(=O)NN1CC(=O)NC1=O.c1ccccc1. The van der Waals surface area contributed by atoms with Gasteiger partial charge in [-0.15, -0.1) is 0 Å². The second-order valence-electron chi connectivity index (χ2n) is 3.78. The van der Waals surface area contributed by atoms with Gasteiger partial charge in [0.2, 0.25) is 5.91 Å². The zero-order valence-corrected chi connectivity index (χ0v) is 10.9. The van der Waals surface area contributed by atoms with Gasteiger partial charge >= 0.3 is 18.0 Å². The highest BCUT2D eigenvalue weighted by atomic mass is 16.4. The first-order valence-electron chi connectivity index (χ1n) is 5.86. The Hall–Kier alpha value is -3.10. The van der Waals surface area contributed by atoms with E-state index < -0.39 is 30.5 Å². The number of aliphatic carboxylic acids is 1. The number of carbonyl (C=O) groups excluding carboxylic acids is 3. The number of benzene rings is 1. The molecular weight excluding hydrogens is 280 g/mol. The van der Waals surface area contributed by atoms with Crippen molar-refractivity contribution in [3.05, 3.63) is 36.4 Å². The minimum absolute atomic E-state index is 0.292. The Morgan fingerprint density at radius 1 is 1.14 bits per heavy atom. The standard InChI is InChI=1S/C6H8N4O5.C6H6/c11-3-2-10(6(15)8-3)9-5(14)7-1-4(12)13;1-2-4-6-5-3-1/h1-2H2,(H,12,13)(H2,7,9,14)(H,8,11,15);1-6H. The summed E-state index contributed by atoms with van der Waals surface area (Å²) in [7, 11) is 0. The number of hydrogen-bond acceptors (Lipinski definition) is 4. The number of carbonyl (C=O) groups is 4. The van der Waals surface area contributed by atoms with Gasteiger partial charge < -0.3 is 10.4 Å². The molecule has 4 N–H and O–H groups in total. The lowest BCUT2D eigenvalue weighted by Crippen LogP contribution is -2.49. The van der Waals surface area contributed by atoms with Crippen molar-refractivity contribution in [2.24, 2.45) is 0 Å². The fourth-order valence-electron chi connectivity index (χ4n) is 1.23. The summed E-state index contributed by atoms with van der Waals surface area (Å²) in [5.74, 6) is -1.76. The molecule has 1 heterocycles. The van der Waals surface area contributed by atoms with Crippen LogP contribution in [-0.2, 0) is 9.59 Å². The first-order valence-corrected chi connectivity index (χ1v) is 5.86. The van der Waals surface area contributed by atoms with Gasteiger partial charge in [-0.25, -0.2) is 20.0 Å². The molecule has 1 aromatic rings. The normalized spacial score (nSPS) is 12.9. The Balaban J connectivity index is 0.000000304. The van der Waals surface area contributed by atoms with Crippen molar-refractivity contribution in [2.75, 3.05) is 13.1 Å². The van der Waals surface area contributed by atoms with Gasteiger partial charge in [-0.1, -0.05) is 36.4 Å². The number of nitrogens with zero attached hydrogens (tertiary/aromatic N) is 1. The van der Waals surface area contributed by atoms with E-state index >= 15 is 0 Å². The van der Waals surface area contributed by atoms with Gasteiger partial charge in [0.05, 0.1) is 0 Å². The number of amides is 5. The van der Waals surface area contributed by atoms with Gasteiger partial charge in [-0.2, -0.15) is 0 Å². The Morgan fingerprint density at radius 3 is 2.05 bits per heavy atom. The molecule has 1 aromatic carbocycles. The van der Waals surface area contributed by atoms with E-state index in [1.165, 1.54) is 0 Å². The van der Waals surface area contributed by atoms with Crippen LogP contribution >= 0.6 is 0 Å². The van der Waals surface area contributed by atoms with Crippen LogP contribution in [0, 0.1) is 0 Å². The zero-order valence-electron chi connectivity index (χ0n) is 10.9. The molecule has 21 heavy (non-hydrogen) atoms. The maximum atomic E-state index is 10.9.